The lowest BCUT2D eigenvalue weighted by atomic mass is 9.92. The molecule has 40 heavy (non-hydrogen) atoms. The van der Waals surface area contributed by atoms with Gasteiger partial charge in [-0.15, -0.1) is 0 Å². The molecule has 0 bridgehead atoms. The van der Waals surface area contributed by atoms with Crippen LogP contribution in [-0.4, -0.2) is 60.0 Å². The lowest BCUT2D eigenvalue weighted by Crippen LogP contribution is -2.44. The first-order valence-corrected chi connectivity index (χ1v) is 17.6. The van der Waals surface area contributed by atoms with Gasteiger partial charge in [-0.05, 0) is 53.1 Å². The average Bonchev–Trinajstić information content (AvgIpc) is 3.01. The molecule has 0 aliphatic carbocycles. The molecule has 0 amide bonds. The van der Waals surface area contributed by atoms with E-state index in [9.17, 15) is 0 Å². The summed E-state index contributed by atoms with van der Waals surface area (Å²) in [4.78, 5) is 0. The van der Waals surface area contributed by atoms with Crippen molar-refractivity contribution in [3.8, 4) is 17.2 Å². The van der Waals surface area contributed by atoms with Gasteiger partial charge < -0.3 is 28.4 Å². The maximum absolute atomic E-state index is 6.34. The van der Waals surface area contributed by atoms with E-state index in [1.807, 2.05) is 36.4 Å². The highest BCUT2D eigenvalue weighted by Gasteiger charge is 2.35. The van der Waals surface area contributed by atoms with Crippen LogP contribution in [0.25, 0.3) is 0 Å². The van der Waals surface area contributed by atoms with Gasteiger partial charge in [-0.25, -0.2) is 0 Å². The van der Waals surface area contributed by atoms with Crippen molar-refractivity contribution in [3.05, 3.63) is 89.5 Å². The lowest BCUT2D eigenvalue weighted by molar-refractivity contribution is -0.0544. The molecule has 0 saturated heterocycles. The number of methoxy groups -OCH3 is 1. The summed E-state index contributed by atoms with van der Waals surface area (Å²) in [5.74, 6) is 2.41. The number of halogens is 3. The highest BCUT2D eigenvalue weighted by Crippen LogP contribution is 2.27. The molecule has 0 heterocycles. The summed E-state index contributed by atoms with van der Waals surface area (Å²) in [5.41, 5.74) is 3.19. The van der Waals surface area contributed by atoms with E-state index in [0.717, 1.165) is 30.5 Å². The highest BCUT2D eigenvalue weighted by atomic mass is 127. The number of rotatable bonds is 20. The number of benzene rings is 3. The Bertz CT molecular complexity index is 953. The van der Waals surface area contributed by atoms with Gasteiger partial charge in [0.2, 0.25) is 0 Å². The molecule has 3 rings (SSSR count). The molecule has 9 heteroatoms. The van der Waals surface area contributed by atoms with Crippen molar-refractivity contribution in [1.82, 2.24) is 0 Å². The molecule has 0 saturated carbocycles. The van der Waals surface area contributed by atoms with Gasteiger partial charge in [0.1, 0.15) is 37.1 Å². The second-order valence-corrected chi connectivity index (χ2v) is 11.6. The van der Waals surface area contributed by atoms with Crippen LogP contribution in [0.2, 0.25) is 0 Å². The second-order valence-electron chi connectivity index (χ2n) is 9.36. The molecule has 0 fully saturated rings. The Hall–Kier alpha value is -0.870. The zero-order valence-electron chi connectivity index (χ0n) is 22.8. The third-order valence-corrected chi connectivity index (χ3v) is 8.72. The summed E-state index contributed by atoms with van der Waals surface area (Å²) >= 11 is 7.08. The maximum Gasteiger partial charge on any atom is 0.119 e. The minimum Gasteiger partial charge on any atom is -0.493 e. The summed E-state index contributed by atoms with van der Waals surface area (Å²) < 4.78 is 38.7. The van der Waals surface area contributed by atoms with Crippen LogP contribution in [0.3, 0.4) is 0 Å². The molecule has 218 valence electrons. The fraction of sp³-hybridized carbons (Fsp3) is 0.419. The minimum atomic E-state index is -0.585. The van der Waals surface area contributed by atoms with E-state index in [-0.39, 0.29) is 0 Å². The van der Waals surface area contributed by atoms with Crippen LogP contribution >= 0.6 is 67.8 Å². The molecular formula is C31H37I3O6. The van der Waals surface area contributed by atoms with E-state index in [2.05, 4.69) is 104 Å². The van der Waals surface area contributed by atoms with Crippen molar-refractivity contribution in [1.29, 1.82) is 0 Å². The summed E-state index contributed by atoms with van der Waals surface area (Å²) in [5, 5.41) is 0. The Labute approximate surface area is 279 Å². The van der Waals surface area contributed by atoms with E-state index in [0.29, 0.717) is 52.9 Å². The van der Waals surface area contributed by atoms with Gasteiger partial charge in [-0.1, -0.05) is 104 Å². The van der Waals surface area contributed by atoms with Crippen molar-refractivity contribution in [2.45, 2.75) is 13.3 Å². The quantitative estimate of drug-likeness (QED) is 0.0660. The Kier molecular flexibility index (Phi) is 16.3. The van der Waals surface area contributed by atoms with Gasteiger partial charge in [0.25, 0.3) is 0 Å². The van der Waals surface area contributed by atoms with Crippen LogP contribution in [0.5, 0.6) is 17.2 Å². The van der Waals surface area contributed by atoms with Gasteiger partial charge in [0, 0.05) is 20.4 Å². The first-order valence-electron chi connectivity index (χ1n) is 13.1. The van der Waals surface area contributed by atoms with Crippen molar-refractivity contribution < 1.29 is 28.4 Å². The normalized spacial score (nSPS) is 11.4. The molecule has 0 aliphatic heterocycles. The Balaban J connectivity index is 1.76. The maximum atomic E-state index is 6.34. The average molecular weight is 886 g/mol. The molecule has 0 N–H and O–H groups in total. The van der Waals surface area contributed by atoms with E-state index in [1.54, 1.807) is 7.11 Å². The van der Waals surface area contributed by atoms with E-state index in [4.69, 9.17) is 28.4 Å². The Morgan fingerprint density at radius 2 is 0.825 bits per heavy atom. The monoisotopic (exact) mass is 886 g/mol. The van der Waals surface area contributed by atoms with Crippen molar-refractivity contribution in [2.24, 2.45) is 5.41 Å². The van der Waals surface area contributed by atoms with Gasteiger partial charge in [0.05, 0.1) is 38.4 Å². The predicted molar refractivity (Wildman–Crippen MR) is 185 cm³/mol. The van der Waals surface area contributed by atoms with Crippen LogP contribution in [-0.2, 0) is 27.5 Å². The fourth-order valence-corrected chi connectivity index (χ4v) is 5.16. The molecule has 0 aliphatic rings. The molecule has 0 unspecified atom stereocenters. The summed E-state index contributed by atoms with van der Waals surface area (Å²) in [7, 11) is 1.66. The van der Waals surface area contributed by atoms with Gasteiger partial charge in [-0.3, -0.25) is 0 Å². The first-order chi connectivity index (χ1) is 19.6. The predicted octanol–water partition coefficient (Wildman–Crippen LogP) is 7.69. The molecule has 0 spiro atoms. The van der Waals surface area contributed by atoms with Crippen LogP contribution < -0.4 is 14.2 Å². The number of ether oxygens (including phenoxy) is 6. The summed E-state index contributed by atoms with van der Waals surface area (Å²) in [6.07, 6.45) is 0. The Morgan fingerprint density at radius 3 is 1.18 bits per heavy atom. The van der Waals surface area contributed by atoms with Crippen molar-refractivity contribution in [2.75, 3.05) is 60.0 Å². The molecule has 3 aromatic rings. The SMILES string of the molecule is COCCOCCOCC(COc1ccc(CI)cc1)(COc1ccc(CI)cc1)COc1ccc(CI)cc1. The summed E-state index contributed by atoms with van der Waals surface area (Å²) in [6, 6.07) is 24.6. The van der Waals surface area contributed by atoms with Crippen LogP contribution in [0.15, 0.2) is 72.8 Å². The smallest absolute Gasteiger partial charge is 0.119 e. The van der Waals surface area contributed by atoms with Gasteiger partial charge >= 0.3 is 0 Å². The molecular weight excluding hydrogens is 849 g/mol. The van der Waals surface area contributed by atoms with Crippen LogP contribution in [0, 0.1) is 5.41 Å². The van der Waals surface area contributed by atoms with E-state index < -0.39 is 5.41 Å². The van der Waals surface area contributed by atoms with E-state index in [1.165, 1.54) is 16.7 Å². The number of alkyl halides is 3. The fourth-order valence-electron chi connectivity index (χ4n) is 3.63. The minimum absolute atomic E-state index is 0.360. The highest BCUT2D eigenvalue weighted by molar-refractivity contribution is 14.1. The standard InChI is InChI=1S/C31H37I3O6/c1-35-14-15-36-16-17-37-21-31(22-38-28-8-2-25(18-32)3-9-28,23-39-29-10-4-26(19-33)5-11-29)24-40-30-12-6-27(20-34)7-13-30/h2-13H,14-24H2,1H3. The van der Waals surface area contributed by atoms with Crippen LogP contribution in [0.4, 0.5) is 0 Å². The third-order valence-electron chi connectivity index (χ3n) is 6.08. The topological polar surface area (TPSA) is 55.4 Å². The van der Waals surface area contributed by atoms with Crippen LogP contribution in [0.1, 0.15) is 16.7 Å². The van der Waals surface area contributed by atoms with E-state index >= 15 is 0 Å². The van der Waals surface area contributed by atoms with Crippen molar-refractivity contribution in [3.63, 3.8) is 0 Å². The number of hydrogen-bond acceptors (Lipinski definition) is 6. The molecule has 3 aromatic carbocycles. The molecule has 0 radical (unpaired) electrons. The second kappa shape index (κ2) is 19.3. The summed E-state index contributed by atoms with van der Waals surface area (Å²) in [6.45, 7) is 3.48. The van der Waals surface area contributed by atoms with Crippen molar-refractivity contribution >= 4 is 67.8 Å². The van der Waals surface area contributed by atoms with Gasteiger partial charge in [0.15, 0.2) is 0 Å². The third kappa shape index (κ3) is 12.2. The molecule has 0 atom stereocenters. The zero-order chi connectivity index (χ0) is 28.5. The number of hydrogen-bond donors (Lipinski definition) is 0. The molecule has 6 nitrogen and oxygen atoms in total. The largest absolute Gasteiger partial charge is 0.493 e. The lowest BCUT2D eigenvalue weighted by Gasteiger charge is -2.33. The zero-order valence-corrected chi connectivity index (χ0v) is 29.3. The first kappa shape index (κ1) is 33.6. The van der Waals surface area contributed by atoms with Gasteiger partial charge in [-0.2, -0.15) is 0 Å². The molecule has 0 aromatic heterocycles. The Morgan fingerprint density at radius 1 is 0.475 bits per heavy atom.